The maximum absolute atomic E-state index is 5.58. The second-order valence-electron chi connectivity index (χ2n) is 6.24. The molecule has 118 valence electrons. The fraction of sp³-hybridized carbons (Fsp3) is 0.706. The van der Waals surface area contributed by atoms with Gasteiger partial charge in [0.1, 0.15) is 0 Å². The molecule has 1 aromatic heterocycles. The van der Waals surface area contributed by atoms with Crippen molar-refractivity contribution in [2.24, 2.45) is 0 Å². The summed E-state index contributed by atoms with van der Waals surface area (Å²) in [7, 11) is 0. The summed E-state index contributed by atoms with van der Waals surface area (Å²) >= 11 is 0. The molecule has 0 saturated carbocycles. The molecule has 1 unspecified atom stereocenters. The molecule has 1 aliphatic rings. The molecular formula is C17H29N3O. The van der Waals surface area contributed by atoms with Crippen LogP contribution in [0, 0.1) is 0 Å². The van der Waals surface area contributed by atoms with E-state index in [-0.39, 0.29) is 6.10 Å². The Kier molecular flexibility index (Phi) is 6.00. The van der Waals surface area contributed by atoms with Crippen molar-refractivity contribution < 1.29 is 4.74 Å². The number of hydrogen-bond acceptors (Lipinski definition) is 4. The van der Waals surface area contributed by atoms with Gasteiger partial charge in [0, 0.05) is 51.0 Å². The summed E-state index contributed by atoms with van der Waals surface area (Å²) in [6, 6.07) is 4.82. The molecule has 0 aliphatic carbocycles. The van der Waals surface area contributed by atoms with Gasteiger partial charge in [-0.1, -0.05) is 13.0 Å². The maximum Gasteiger partial charge on any atom is 0.213 e. The minimum Gasteiger partial charge on any atom is -0.475 e. The predicted molar refractivity (Wildman–Crippen MR) is 86.6 cm³/mol. The third kappa shape index (κ3) is 4.97. The lowest BCUT2D eigenvalue weighted by atomic mass is 10.2. The van der Waals surface area contributed by atoms with Crippen molar-refractivity contribution in [2.45, 2.75) is 52.8 Å². The zero-order valence-electron chi connectivity index (χ0n) is 13.9. The second kappa shape index (κ2) is 7.76. The van der Waals surface area contributed by atoms with Gasteiger partial charge in [-0.25, -0.2) is 4.98 Å². The molecule has 4 nitrogen and oxygen atoms in total. The van der Waals surface area contributed by atoms with Crippen molar-refractivity contribution in [1.29, 1.82) is 0 Å². The quantitative estimate of drug-likeness (QED) is 0.806. The number of ether oxygens (including phenoxy) is 1. The molecule has 0 bridgehead atoms. The van der Waals surface area contributed by atoms with Crippen LogP contribution in [0.3, 0.4) is 0 Å². The fourth-order valence-electron chi connectivity index (χ4n) is 2.69. The molecule has 0 spiro atoms. The van der Waals surface area contributed by atoms with Crippen molar-refractivity contribution in [3.63, 3.8) is 0 Å². The second-order valence-corrected chi connectivity index (χ2v) is 6.24. The first-order valence-corrected chi connectivity index (χ1v) is 8.16. The number of hydrogen-bond donors (Lipinski definition) is 0. The van der Waals surface area contributed by atoms with Gasteiger partial charge in [-0.3, -0.25) is 9.80 Å². The van der Waals surface area contributed by atoms with Gasteiger partial charge >= 0.3 is 0 Å². The van der Waals surface area contributed by atoms with Crippen LogP contribution in [0.5, 0.6) is 5.88 Å². The van der Waals surface area contributed by atoms with Crippen LogP contribution in [0.25, 0.3) is 0 Å². The maximum atomic E-state index is 5.58. The Morgan fingerprint density at radius 1 is 1.14 bits per heavy atom. The minimum atomic E-state index is 0.178. The summed E-state index contributed by atoms with van der Waals surface area (Å²) < 4.78 is 5.58. The summed E-state index contributed by atoms with van der Waals surface area (Å²) in [5.74, 6) is 0.718. The highest BCUT2D eigenvalue weighted by Gasteiger charge is 2.20. The van der Waals surface area contributed by atoms with Crippen LogP contribution in [-0.2, 0) is 6.54 Å². The molecule has 2 heterocycles. The highest BCUT2D eigenvalue weighted by Crippen LogP contribution is 2.14. The van der Waals surface area contributed by atoms with E-state index in [4.69, 9.17) is 4.74 Å². The number of nitrogens with zero attached hydrogens (tertiary/aromatic N) is 3. The molecular weight excluding hydrogens is 262 g/mol. The highest BCUT2D eigenvalue weighted by molar-refractivity contribution is 5.18. The van der Waals surface area contributed by atoms with Gasteiger partial charge in [0.15, 0.2) is 0 Å². The minimum absolute atomic E-state index is 0.178. The Morgan fingerprint density at radius 2 is 1.86 bits per heavy atom. The van der Waals surface area contributed by atoms with E-state index in [1.54, 1.807) is 0 Å². The third-order valence-corrected chi connectivity index (χ3v) is 4.18. The van der Waals surface area contributed by atoms with Gasteiger partial charge in [0.05, 0.1) is 6.10 Å². The highest BCUT2D eigenvalue weighted by atomic mass is 16.5. The first kappa shape index (κ1) is 16.2. The van der Waals surface area contributed by atoms with Gasteiger partial charge in [0.25, 0.3) is 0 Å². The lowest BCUT2D eigenvalue weighted by Gasteiger charge is -2.37. The molecule has 21 heavy (non-hydrogen) atoms. The largest absolute Gasteiger partial charge is 0.475 e. The molecule has 0 N–H and O–H groups in total. The first-order chi connectivity index (χ1) is 10.1. The average molecular weight is 291 g/mol. The summed E-state index contributed by atoms with van der Waals surface area (Å²) in [5.41, 5.74) is 1.27. The van der Waals surface area contributed by atoms with Crippen LogP contribution < -0.4 is 4.74 Å². The summed E-state index contributed by atoms with van der Waals surface area (Å²) in [5, 5.41) is 0. The molecule has 1 saturated heterocycles. The summed E-state index contributed by atoms with van der Waals surface area (Å²) in [6.07, 6.45) is 3.36. The van der Waals surface area contributed by atoms with Crippen LogP contribution >= 0.6 is 0 Å². The fourth-order valence-corrected chi connectivity index (χ4v) is 2.69. The zero-order valence-corrected chi connectivity index (χ0v) is 13.9. The van der Waals surface area contributed by atoms with E-state index in [0.29, 0.717) is 6.04 Å². The molecule has 1 atom stereocenters. The Balaban J connectivity index is 1.80. The van der Waals surface area contributed by atoms with Crippen molar-refractivity contribution in [2.75, 3.05) is 26.2 Å². The topological polar surface area (TPSA) is 28.6 Å². The van der Waals surface area contributed by atoms with E-state index in [2.05, 4.69) is 34.7 Å². The van der Waals surface area contributed by atoms with Gasteiger partial charge in [0.2, 0.25) is 5.88 Å². The van der Waals surface area contributed by atoms with Gasteiger partial charge in [-0.2, -0.15) is 0 Å². The van der Waals surface area contributed by atoms with Crippen LogP contribution in [0.2, 0.25) is 0 Å². The van der Waals surface area contributed by atoms with E-state index >= 15 is 0 Å². The normalized spacial score (nSPS) is 18.9. The number of rotatable bonds is 6. The Labute approximate surface area is 129 Å². The van der Waals surface area contributed by atoms with E-state index in [1.807, 2.05) is 26.1 Å². The average Bonchev–Trinajstić information content (AvgIpc) is 2.49. The molecule has 1 aromatic rings. The van der Waals surface area contributed by atoms with Crippen LogP contribution in [0.4, 0.5) is 0 Å². The molecule has 2 rings (SSSR count). The lowest BCUT2D eigenvalue weighted by molar-refractivity contribution is 0.0962. The summed E-state index contributed by atoms with van der Waals surface area (Å²) in [6.45, 7) is 14.3. The van der Waals surface area contributed by atoms with Crippen molar-refractivity contribution in [1.82, 2.24) is 14.8 Å². The Bertz CT molecular complexity index is 411. The van der Waals surface area contributed by atoms with Crippen LogP contribution in [0.1, 0.15) is 39.7 Å². The summed E-state index contributed by atoms with van der Waals surface area (Å²) in [4.78, 5) is 9.49. The molecule has 0 amide bonds. The molecule has 0 aromatic carbocycles. The van der Waals surface area contributed by atoms with E-state index in [1.165, 1.54) is 25.1 Å². The van der Waals surface area contributed by atoms with E-state index in [9.17, 15) is 0 Å². The Hall–Kier alpha value is -1.13. The van der Waals surface area contributed by atoms with E-state index in [0.717, 1.165) is 25.5 Å². The molecule has 4 heteroatoms. The monoisotopic (exact) mass is 291 g/mol. The first-order valence-electron chi connectivity index (χ1n) is 8.16. The smallest absolute Gasteiger partial charge is 0.213 e. The zero-order chi connectivity index (χ0) is 15.2. The molecule has 0 radical (unpaired) electrons. The van der Waals surface area contributed by atoms with Crippen molar-refractivity contribution in [3.8, 4) is 5.88 Å². The molecule has 1 aliphatic heterocycles. The number of piperazine rings is 1. The molecule has 1 fully saturated rings. The van der Waals surface area contributed by atoms with Crippen molar-refractivity contribution >= 4 is 0 Å². The van der Waals surface area contributed by atoms with Crippen LogP contribution in [0.15, 0.2) is 18.3 Å². The standard InChI is InChI=1S/C17H29N3O/c1-5-15(4)20-10-8-19(9-11-20)13-16-6-7-17(18-12-16)21-14(2)3/h6-7,12,14-15H,5,8-11,13H2,1-4H3. The Morgan fingerprint density at radius 3 is 2.38 bits per heavy atom. The van der Waals surface area contributed by atoms with Crippen molar-refractivity contribution in [3.05, 3.63) is 23.9 Å². The number of pyridine rings is 1. The van der Waals surface area contributed by atoms with Gasteiger partial charge < -0.3 is 4.74 Å². The number of aromatic nitrogens is 1. The van der Waals surface area contributed by atoms with Gasteiger partial charge in [-0.05, 0) is 32.8 Å². The third-order valence-electron chi connectivity index (χ3n) is 4.18. The SMILES string of the molecule is CCC(C)N1CCN(Cc2ccc(OC(C)C)nc2)CC1. The van der Waals surface area contributed by atoms with E-state index < -0.39 is 0 Å². The van der Waals surface area contributed by atoms with Gasteiger partial charge in [-0.15, -0.1) is 0 Å². The van der Waals surface area contributed by atoms with Crippen LogP contribution in [-0.4, -0.2) is 53.1 Å². The predicted octanol–water partition coefficient (Wildman–Crippen LogP) is 2.78. The lowest BCUT2D eigenvalue weighted by Crippen LogP contribution is -2.48.